The first kappa shape index (κ1) is 13.2. The first-order valence-corrected chi connectivity index (χ1v) is 6.22. The highest BCUT2D eigenvalue weighted by Gasteiger charge is 2.09. The van der Waals surface area contributed by atoms with E-state index in [1.54, 1.807) is 6.20 Å². The summed E-state index contributed by atoms with van der Waals surface area (Å²) in [5.74, 6) is 1.78. The molecule has 0 aliphatic heterocycles. The zero-order valence-electron chi connectivity index (χ0n) is 11.4. The fourth-order valence-electron chi connectivity index (χ4n) is 1.62. The van der Waals surface area contributed by atoms with Gasteiger partial charge in [-0.05, 0) is 56.7 Å². The summed E-state index contributed by atoms with van der Waals surface area (Å²) in [7, 11) is 0. The molecule has 0 atom stereocenters. The number of nitrogen functional groups attached to an aromatic ring is 1. The Balaban J connectivity index is 2.25. The van der Waals surface area contributed by atoms with Crippen LogP contribution in [0.1, 0.15) is 19.4 Å². The average Bonchev–Trinajstić information content (AvgIpc) is 2.36. The lowest BCUT2D eigenvalue weighted by Gasteiger charge is -2.13. The number of hydrogen-bond acceptors (Lipinski definition) is 4. The molecule has 0 radical (unpaired) electrons. The van der Waals surface area contributed by atoms with Gasteiger partial charge in [-0.25, -0.2) is 4.98 Å². The third kappa shape index (κ3) is 3.37. The number of aromatic nitrogens is 1. The zero-order valence-corrected chi connectivity index (χ0v) is 11.4. The van der Waals surface area contributed by atoms with Gasteiger partial charge < -0.3 is 15.2 Å². The average molecular weight is 258 g/mol. The van der Waals surface area contributed by atoms with E-state index in [0.29, 0.717) is 17.4 Å². The van der Waals surface area contributed by atoms with Gasteiger partial charge in [0.1, 0.15) is 5.75 Å². The van der Waals surface area contributed by atoms with E-state index in [0.717, 1.165) is 11.3 Å². The van der Waals surface area contributed by atoms with Crippen LogP contribution in [0.25, 0.3) is 0 Å². The Kier molecular flexibility index (Phi) is 3.90. The maximum Gasteiger partial charge on any atom is 0.262 e. The number of nitrogens with two attached hydrogens (primary N) is 1. The number of rotatable bonds is 4. The van der Waals surface area contributed by atoms with E-state index in [9.17, 15) is 0 Å². The normalized spacial score (nSPS) is 10.5. The van der Waals surface area contributed by atoms with Crippen LogP contribution in [-0.2, 0) is 0 Å². The van der Waals surface area contributed by atoms with Crippen LogP contribution in [0.15, 0.2) is 36.5 Å². The van der Waals surface area contributed by atoms with Crippen molar-refractivity contribution in [2.24, 2.45) is 0 Å². The summed E-state index contributed by atoms with van der Waals surface area (Å²) in [4.78, 5) is 4.20. The van der Waals surface area contributed by atoms with Crippen molar-refractivity contribution < 1.29 is 9.47 Å². The summed E-state index contributed by atoms with van der Waals surface area (Å²) < 4.78 is 11.4. The minimum Gasteiger partial charge on any atom is -0.485 e. The van der Waals surface area contributed by atoms with Crippen LogP contribution in [0.5, 0.6) is 17.4 Å². The highest BCUT2D eigenvalue weighted by atomic mass is 16.5. The molecule has 0 unspecified atom stereocenters. The summed E-state index contributed by atoms with van der Waals surface area (Å²) in [5.41, 5.74) is 7.50. The van der Waals surface area contributed by atoms with Gasteiger partial charge in [0.05, 0.1) is 6.10 Å². The topological polar surface area (TPSA) is 57.4 Å². The van der Waals surface area contributed by atoms with Crippen molar-refractivity contribution in [3.63, 3.8) is 0 Å². The molecule has 4 nitrogen and oxygen atoms in total. The van der Waals surface area contributed by atoms with E-state index in [2.05, 4.69) is 4.98 Å². The third-order valence-corrected chi connectivity index (χ3v) is 2.55. The SMILES string of the molecule is Cc1cc(Oc2ncccc2OC(C)C)ccc1N. The second-order valence-electron chi connectivity index (χ2n) is 4.59. The first-order valence-electron chi connectivity index (χ1n) is 6.22. The predicted octanol–water partition coefficient (Wildman–Crippen LogP) is 3.55. The first-order chi connectivity index (χ1) is 9.06. The number of pyridine rings is 1. The Morgan fingerprint density at radius 1 is 1.21 bits per heavy atom. The Labute approximate surface area is 113 Å². The molecule has 100 valence electrons. The summed E-state index contributed by atoms with van der Waals surface area (Å²) in [6, 6.07) is 9.17. The highest BCUT2D eigenvalue weighted by Crippen LogP contribution is 2.30. The van der Waals surface area contributed by atoms with Crippen molar-refractivity contribution in [3.05, 3.63) is 42.1 Å². The van der Waals surface area contributed by atoms with Crippen LogP contribution in [0, 0.1) is 6.92 Å². The van der Waals surface area contributed by atoms with Gasteiger partial charge in [-0.15, -0.1) is 0 Å². The summed E-state index contributed by atoms with van der Waals surface area (Å²) in [6.07, 6.45) is 1.74. The van der Waals surface area contributed by atoms with Gasteiger partial charge in [0.25, 0.3) is 5.88 Å². The Hall–Kier alpha value is -2.23. The number of benzene rings is 1. The molecule has 1 aromatic carbocycles. The largest absolute Gasteiger partial charge is 0.485 e. The third-order valence-electron chi connectivity index (χ3n) is 2.55. The second-order valence-corrected chi connectivity index (χ2v) is 4.59. The van der Waals surface area contributed by atoms with Crippen molar-refractivity contribution in [3.8, 4) is 17.4 Å². The van der Waals surface area contributed by atoms with Crippen molar-refractivity contribution in [1.29, 1.82) is 0 Å². The molecule has 4 heteroatoms. The van der Waals surface area contributed by atoms with Crippen LogP contribution in [-0.4, -0.2) is 11.1 Å². The molecule has 0 bridgehead atoms. The number of hydrogen-bond donors (Lipinski definition) is 1. The molecule has 2 N–H and O–H groups in total. The molecule has 1 heterocycles. The van der Waals surface area contributed by atoms with Gasteiger partial charge in [0.2, 0.25) is 0 Å². The predicted molar refractivity (Wildman–Crippen MR) is 75.7 cm³/mol. The summed E-state index contributed by atoms with van der Waals surface area (Å²) >= 11 is 0. The summed E-state index contributed by atoms with van der Waals surface area (Å²) in [6.45, 7) is 5.86. The van der Waals surface area contributed by atoms with Crippen LogP contribution < -0.4 is 15.2 Å². The van der Waals surface area contributed by atoms with Crippen LogP contribution in [0.2, 0.25) is 0 Å². The lowest BCUT2D eigenvalue weighted by Crippen LogP contribution is -2.07. The van der Waals surface area contributed by atoms with Crippen LogP contribution >= 0.6 is 0 Å². The van der Waals surface area contributed by atoms with E-state index < -0.39 is 0 Å². The van der Waals surface area contributed by atoms with Crippen LogP contribution in [0.3, 0.4) is 0 Å². The lowest BCUT2D eigenvalue weighted by atomic mass is 10.2. The van der Waals surface area contributed by atoms with E-state index in [4.69, 9.17) is 15.2 Å². The molecule has 2 rings (SSSR count). The number of aryl methyl sites for hydroxylation is 1. The zero-order chi connectivity index (χ0) is 13.8. The fraction of sp³-hybridized carbons (Fsp3) is 0.267. The number of anilines is 1. The van der Waals surface area contributed by atoms with Gasteiger partial charge in [0, 0.05) is 11.9 Å². The molecule has 0 aliphatic rings. The van der Waals surface area contributed by atoms with Gasteiger partial charge in [-0.2, -0.15) is 0 Å². The quantitative estimate of drug-likeness (QED) is 0.852. The van der Waals surface area contributed by atoms with Crippen LogP contribution in [0.4, 0.5) is 5.69 Å². The molecule has 0 spiro atoms. The molecule has 0 amide bonds. The fourth-order valence-corrected chi connectivity index (χ4v) is 1.62. The van der Waals surface area contributed by atoms with Crippen molar-refractivity contribution in [2.45, 2.75) is 26.9 Å². The van der Waals surface area contributed by atoms with Gasteiger partial charge in [-0.3, -0.25) is 0 Å². The number of nitrogens with zero attached hydrogens (tertiary/aromatic N) is 1. The monoisotopic (exact) mass is 258 g/mol. The van der Waals surface area contributed by atoms with E-state index >= 15 is 0 Å². The second kappa shape index (κ2) is 5.61. The minimum absolute atomic E-state index is 0.0692. The molecule has 0 saturated carbocycles. The highest BCUT2D eigenvalue weighted by molar-refractivity contribution is 5.50. The van der Waals surface area contributed by atoms with E-state index in [1.807, 2.05) is 51.1 Å². The Bertz CT molecular complexity index is 568. The van der Waals surface area contributed by atoms with Crippen molar-refractivity contribution in [2.75, 3.05) is 5.73 Å². The minimum atomic E-state index is 0.0692. The molecule has 1 aromatic heterocycles. The molecule has 2 aromatic rings. The molecular weight excluding hydrogens is 240 g/mol. The molecule has 0 saturated heterocycles. The van der Waals surface area contributed by atoms with E-state index in [-0.39, 0.29) is 6.10 Å². The molecule has 19 heavy (non-hydrogen) atoms. The summed E-state index contributed by atoms with van der Waals surface area (Å²) in [5, 5.41) is 0. The smallest absolute Gasteiger partial charge is 0.262 e. The lowest BCUT2D eigenvalue weighted by molar-refractivity contribution is 0.231. The van der Waals surface area contributed by atoms with Gasteiger partial charge >= 0.3 is 0 Å². The Morgan fingerprint density at radius 2 is 2.00 bits per heavy atom. The van der Waals surface area contributed by atoms with Crippen molar-refractivity contribution in [1.82, 2.24) is 4.98 Å². The van der Waals surface area contributed by atoms with Gasteiger partial charge in [-0.1, -0.05) is 0 Å². The Morgan fingerprint density at radius 3 is 2.68 bits per heavy atom. The molecular formula is C15H18N2O2. The maximum absolute atomic E-state index is 5.78. The molecule has 0 fully saturated rings. The van der Waals surface area contributed by atoms with Crippen molar-refractivity contribution >= 4 is 5.69 Å². The maximum atomic E-state index is 5.78. The van der Waals surface area contributed by atoms with E-state index in [1.165, 1.54) is 0 Å². The van der Waals surface area contributed by atoms with Gasteiger partial charge in [0.15, 0.2) is 5.75 Å². The number of ether oxygens (including phenoxy) is 2. The molecule has 0 aliphatic carbocycles. The standard InChI is InChI=1S/C15H18N2O2/c1-10(2)18-14-5-4-8-17-15(14)19-12-6-7-13(16)11(3)9-12/h4-10H,16H2,1-3H3.